The molecule has 0 aliphatic carbocycles. The molecule has 1 heterocycles. The lowest BCUT2D eigenvalue weighted by Crippen LogP contribution is -2.50. The average Bonchev–Trinajstić information content (AvgIpc) is 2.07. The molecule has 5 atom stereocenters. The third kappa shape index (κ3) is 2.05. The van der Waals surface area contributed by atoms with Gasteiger partial charge < -0.3 is 9.84 Å². The lowest BCUT2D eigenvalue weighted by Gasteiger charge is -2.43. The van der Waals surface area contributed by atoms with Gasteiger partial charge in [0.2, 0.25) is 0 Å². The normalized spacial score (nSPS) is 46.8. The van der Waals surface area contributed by atoms with E-state index >= 15 is 0 Å². The summed E-state index contributed by atoms with van der Waals surface area (Å²) in [4.78, 5) is 0. The topological polar surface area (TPSA) is 29.5 Å². The summed E-state index contributed by atoms with van der Waals surface area (Å²) >= 11 is 0. The van der Waals surface area contributed by atoms with Crippen molar-refractivity contribution >= 4 is 0 Å². The van der Waals surface area contributed by atoms with Gasteiger partial charge >= 0.3 is 0 Å². The van der Waals surface area contributed by atoms with Gasteiger partial charge in [-0.25, -0.2) is 0 Å². The van der Waals surface area contributed by atoms with Gasteiger partial charge in [0.15, 0.2) is 0 Å². The molecule has 0 aromatic carbocycles. The number of aliphatic hydroxyl groups is 1. The second-order valence-electron chi connectivity index (χ2n) is 4.76. The average molecular weight is 186 g/mol. The van der Waals surface area contributed by atoms with Crippen molar-refractivity contribution in [2.75, 3.05) is 0 Å². The number of aliphatic hydroxyl groups excluding tert-OH is 1. The van der Waals surface area contributed by atoms with Crippen LogP contribution in [-0.2, 0) is 4.74 Å². The summed E-state index contributed by atoms with van der Waals surface area (Å²) in [7, 11) is 0. The van der Waals surface area contributed by atoms with E-state index in [1.54, 1.807) is 0 Å². The van der Waals surface area contributed by atoms with Crippen molar-refractivity contribution in [2.24, 2.45) is 17.8 Å². The lowest BCUT2D eigenvalue weighted by molar-refractivity contribution is -0.176. The standard InChI is InChI=1S/C11H22O2/c1-6(2)11-10(12)8(4)7(3)9(5)13-11/h6-12H,1-5H3/t7-,8-,9+,10+,11-/m0/s1. The first-order valence-corrected chi connectivity index (χ1v) is 5.28. The van der Waals surface area contributed by atoms with Crippen molar-refractivity contribution in [3.05, 3.63) is 0 Å². The van der Waals surface area contributed by atoms with Crippen LogP contribution in [0, 0.1) is 17.8 Å². The van der Waals surface area contributed by atoms with E-state index in [9.17, 15) is 5.11 Å². The number of hydrogen-bond donors (Lipinski definition) is 1. The van der Waals surface area contributed by atoms with Crippen molar-refractivity contribution in [1.29, 1.82) is 0 Å². The molecule has 0 saturated carbocycles. The van der Waals surface area contributed by atoms with Crippen molar-refractivity contribution in [3.63, 3.8) is 0 Å². The Balaban J connectivity index is 2.70. The maximum absolute atomic E-state index is 9.97. The summed E-state index contributed by atoms with van der Waals surface area (Å²) in [6.45, 7) is 10.6. The van der Waals surface area contributed by atoms with Gasteiger partial charge in [0.25, 0.3) is 0 Å². The van der Waals surface area contributed by atoms with Gasteiger partial charge in [0.1, 0.15) is 0 Å². The van der Waals surface area contributed by atoms with E-state index in [1.165, 1.54) is 0 Å². The fraction of sp³-hybridized carbons (Fsp3) is 1.00. The third-order valence-electron chi connectivity index (χ3n) is 3.47. The van der Waals surface area contributed by atoms with Crippen molar-refractivity contribution in [3.8, 4) is 0 Å². The molecule has 13 heavy (non-hydrogen) atoms. The molecule has 1 fully saturated rings. The SMILES string of the molecule is CC(C)[C@@H]1O[C@H](C)[C@@H](C)[C@H](C)[C@H]1O. The first kappa shape index (κ1) is 11.0. The van der Waals surface area contributed by atoms with E-state index < -0.39 is 0 Å². The smallest absolute Gasteiger partial charge is 0.0863 e. The Morgan fingerprint density at radius 1 is 1.08 bits per heavy atom. The van der Waals surface area contributed by atoms with Gasteiger partial charge in [-0.15, -0.1) is 0 Å². The van der Waals surface area contributed by atoms with Crippen LogP contribution in [0.15, 0.2) is 0 Å². The largest absolute Gasteiger partial charge is 0.390 e. The first-order valence-electron chi connectivity index (χ1n) is 5.28. The number of ether oxygens (including phenoxy) is 1. The van der Waals surface area contributed by atoms with E-state index in [0.717, 1.165) is 0 Å². The summed E-state index contributed by atoms with van der Waals surface area (Å²) < 4.78 is 5.79. The van der Waals surface area contributed by atoms with Gasteiger partial charge in [-0.3, -0.25) is 0 Å². The maximum Gasteiger partial charge on any atom is 0.0863 e. The molecule has 1 rings (SSSR count). The minimum Gasteiger partial charge on any atom is -0.390 e. The van der Waals surface area contributed by atoms with Crippen LogP contribution in [0.25, 0.3) is 0 Å². The van der Waals surface area contributed by atoms with Crippen LogP contribution in [0.5, 0.6) is 0 Å². The van der Waals surface area contributed by atoms with E-state index in [0.29, 0.717) is 17.8 Å². The van der Waals surface area contributed by atoms with Gasteiger partial charge in [0.05, 0.1) is 18.3 Å². The Labute approximate surface area is 81.3 Å². The van der Waals surface area contributed by atoms with E-state index in [1.807, 2.05) is 0 Å². The summed E-state index contributed by atoms with van der Waals surface area (Å²) in [5, 5.41) is 9.97. The molecular formula is C11H22O2. The highest BCUT2D eigenvalue weighted by molar-refractivity contribution is 4.87. The zero-order valence-corrected chi connectivity index (χ0v) is 9.32. The Morgan fingerprint density at radius 3 is 2.08 bits per heavy atom. The number of rotatable bonds is 1. The second kappa shape index (κ2) is 3.97. The molecule has 0 amide bonds. The van der Waals surface area contributed by atoms with Crippen LogP contribution in [0.3, 0.4) is 0 Å². The molecule has 0 radical (unpaired) electrons. The highest BCUT2D eigenvalue weighted by Crippen LogP contribution is 2.33. The molecule has 2 nitrogen and oxygen atoms in total. The number of hydrogen-bond acceptors (Lipinski definition) is 2. The van der Waals surface area contributed by atoms with E-state index in [4.69, 9.17) is 4.74 Å². The third-order valence-corrected chi connectivity index (χ3v) is 3.47. The molecule has 1 aliphatic rings. The summed E-state index contributed by atoms with van der Waals surface area (Å²) in [6.07, 6.45) is -0.0156. The molecule has 0 unspecified atom stereocenters. The predicted octanol–water partition coefficient (Wildman–Crippen LogP) is 2.06. The summed E-state index contributed by atoms with van der Waals surface area (Å²) in [5.74, 6) is 1.19. The monoisotopic (exact) mass is 186 g/mol. The van der Waals surface area contributed by atoms with Crippen LogP contribution in [0.1, 0.15) is 34.6 Å². The molecule has 2 heteroatoms. The van der Waals surface area contributed by atoms with Crippen LogP contribution >= 0.6 is 0 Å². The van der Waals surface area contributed by atoms with Gasteiger partial charge in [-0.05, 0) is 24.7 Å². The predicted molar refractivity (Wildman–Crippen MR) is 53.5 cm³/mol. The molecule has 1 aliphatic heterocycles. The van der Waals surface area contributed by atoms with E-state index in [-0.39, 0.29) is 18.3 Å². The molecule has 1 saturated heterocycles. The molecular weight excluding hydrogens is 164 g/mol. The maximum atomic E-state index is 9.97. The zero-order chi connectivity index (χ0) is 10.2. The van der Waals surface area contributed by atoms with Crippen LogP contribution in [0.2, 0.25) is 0 Å². The molecule has 0 bridgehead atoms. The molecule has 0 aromatic heterocycles. The zero-order valence-electron chi connectivity index (χ0n) is 9.32. The Bertz CT molecular complexity index is 167. The highest BCUT2D eigenvalue weighted by atomic mass is 16.5. The van der Waals surface area contributed by atoms with Gasteiger partial charge in [0, 0.05) is 0 Å². The van der Waals surface area contributed by atoms with E-state index in [2.05, 4.69) is 34.6 Å². The minimum atomic E-state index is -0.300. The first-order chi connectivity index (χ1) is 5.95. The summed E-state index contributed by atoms with van der Waals surface area (Å²) in [6, 6.07) is 0. The van der Waals surface area contributed by atoms with Crippen molar-refractivity contribution < 1.29 is 9.84 Å². The van der Waals surface area contributed by atoms with Crippen LogP contribution < -0.4 is 0 Å². The van der Waals surface area contributed by atoms with Gasteiger partial charge in [-0.1, -0.05) is 27.7 Å². The Morgan fingerprint density at radius 2 is 1.62 bits per heavy atom. The Hall–Kier alpha value is -0.0800. The van der Waals surface area contributed by atoms with Crippen LogP contribution in [0.4, 0.5) is 0 Å². The Kier molecular flexibility index (Phi) is 3.36. The fourth-order valence-corrected chi connectivity index (χ4v) is 2.04. The second-order valence-corrected chi connectivity index (χ2v) is 4.76. The van der Waals surface area contributed by atoms with Gasteiger partial charge in [-0.2, -0.15) is 0 Å². The fourth-order valence-electron chi connectivity index (χ4n) is 2.04. The molecule has 78 valence electrons. The van der Waals surface area contributed by atoms with Crippen LogP contribution in [-0.4, -0.2) is 23.4 Å². The van der Waals surface area contributed by atoms with Crippen molar-refractivity contribution in [2.45, 2.75) is 52.9 Å². The van der Waals surface area contributed by atoms with Crippen molar-refractivity contribution in [1.82, 2.24) is 0 Å². The summed E-state index contributed by atoms with van der Waals surface area (Å²) in [5.41, 5.74) is 0. The minimum absolute atomic E-state index is 0.0150. The quantitative estimate of drug-likeness (QED) is 0.679. The highest BCUT2D eigenvalue weighted by Gasteiger charge is 2.39. The lowest BCUT2D eigenvalue weighted by atomic mass is 9.79. The molecule has 0 spiro atoms. The molecule has 0 aromatic rings. The molecule has 1 N–H and O–H groups in total.